The van der Waals surface area contributed by atoms with E-state index < -0.39 is 0 Å². The standard InChI is InChI=1S/C19H28N2O/c1-5-21(4)13-20-18-12-14(2)17(11-15(18)3)19(22)16-9-7-6-8-10-16/h11-13,16H,5-10H2,1-4H3. The number of rotatable bonds is 5. The molecule has 0 N–H and O–H groups in total. The van der Waals surface area contributed by atoms with Crippen LogP contribution in [0.4, 0.5) is 5.69 Å². The third kappa shape index (κ3) is 3.96. The molecule has 3 nitrogen and oxygen atoms in total. The molecule has 2 rings (SSSR count). The minimum absolute atomic E-state index is 0.229. The second kappa shape index (κ2) is 7.57. The maximum Gasteiger partial charge on any atom is 0.166 e. The van der Waals surface area contributed by atoms with Crippen molar-refractivity contribution < 1.29 is 4.79 Å². The Morgan fingerprint density at radius 2 is 1.91 bits per heavy atom. The van der Waals surface area contributed by atoms with Gasteiger partial charge in [-0.05, 0) is 56.9 Å². The Morgan fingerprint density at radius 1 is 1.23 bits per heavy atom. The summed E-state index contributed by atoms with van der Waals surface area (Å²) in [5.41, 5.74) is 3.98. The molecule has 0 heterocycles. The summed E-state index contributed by atoms with van der Waals surface area (Å²) in [4.78, 5) is 19.3. The normalized spacial score (nSPS) is 16.2. The number of carbonyl (C=O) groups excluding carboxylic acids is 1. The van der Waals surface area contributed by atoms with Crippen LogP contribution in [-0.2, 0) is 0 Å². The Morgan fingerprint density at radius 3 is 2.55 bits per heavy atom. The summed E-state index contributed by atoms with van der Waals surface area (Å²) in [6, 6.07) is 4.08. The van der Waals surface area contributed by atoms with E-state index in [0.717, 1.165) is 41.8 Å². The van der Waals surface area contributed by atoms with Crippen LogP contribution < -0.4 is 0 Å². The minimum Gasteiger partial charge on any atom is -0.366 e. The van der Waals surface area contributed by atoms with Crippen LogP contribution in [0.5, 0.6) is 0 Å². The van der Waals surface area contributed by atoms with Gasteiger partial charge in [-0.2, -0.15) is 0 Å². The average molecular weight is 300 g/mol. The highest BCUT2D eigenvalue weighted by molar-refractivity contribution is 5.99. The fourth-order valence-corrected chi connectivity index (χ4v) is 3.03. The van der Waals surface area contributed by atoms with Gasteiger partial charge < -0.3 is 4.90 Å². The molecule has 1 saturated carbocycles. The smallest absolute Gasteiger partial charge is 0.166 e. The zero-order chi connectivity index (χ0) is 16.1. The predicted molar refractivity (Wildman–Crippen MR) is 93.3 cm³/mol. The third-order valence-corrected chi connectivity index (χ3v) is 4.68. The van der Waals surface area contributed by atoms with Gasteiger partial charge in [-0.3, -0.25) is 4.79 Å². The van der Waals surface area contributed by atoms with E-state index >= 15 is 0 Å². The SMILES string of the molecule is CCN(C)C=Nc1cc(C)c(C(=O)C2CCCCC2)cc1C. The average Bonchev–Trinajstić information content (AvgIpc) is 2.55. The monoisotopic (exact) mass is 300 g/mol. The van der Waals surface area contributed by atoms with E-state index in [-0.39, 0.29) is 5.92 Å². The molecule has 0 aromatic heterocycles. The summed E-state index contributed by atoms with van der Waals surface area (Å²) in [6.07, 6.45) is 7.63. The van der Waals surface area contributed by atoms with E-state index in [2.05, 4.69) is 11.9 Å². The van der Waals surface area contributed by atoms with E-state index in [4.69, 9.17) is 0 Å². The second-order valence-corrected chi connectivity index (χ2v) is 6.47. The first-order valence-corrected chi connectivity index (χ1v) is 8.42. The van der Waals surface area contributed by atoms with Crippen LogP contribution in [0.3, 0.4) is 0 Å². The van der Waals surface area contributed by atoms with Gasteiger partial charge >= 0.3 is 0 Å². The molecule has 1 aliphatic carbocycles. The van der Waals surface area contributed by atoms with Crippen LogP contribution in [0, 0.1) is 19.8 Å². The first-order valence-electron chi connectivity index (χ1n) is 8.42. The van der Waals surface area contributed by atoms with Crippen molar-refractivity contribution in [2.24, 2.45) is 10.9 Å². The van der Waals surface area contributed by atoms with E-state index in [0.29, 0.717) is 5.78 Å². The summed E-state index contributed by atoms with van der Waals surface area (Å²) in [5, 5.41) is 0. The quantitative estimate of drug-likeness (QED) is 0.449. The summed E-state index contributed by atoms with van der Waals surface area (Å²) in [6.45, 7) is 7.09. The lowest BCUT2D eigenvalue weighted by Gasteiger charge is -2.21. The number of aliphatic imine (C=N–C) groups is 1. The van der Waals surface area contributed by atoms with E-state index in [1.807, 2.05) is 44.3 Å². The second-order valence-electron chi connectivity index (χ2n) is 6.47. The zero-order valence-electron chi connectivity index (χ0n) is 14.4. The molecule has 0 atom stereocenters. The van der Waals surface area contributed by atoms with Gasteiger partial charge in [0.1, 0.15) is 0 Å². The van der Waals surface area contributed by atoms with Crippen LogP contribution in [0.15, 0.2) is 17.1 Å². The van der Waals surface area contributed by atoms with Gasteiger partial charge in [-0.1, -0.05) is 19.3 Å². The van der Waals surface area contributed by atoms with Crippen LogP contribution in [0.25, 0.3) is 0 Å². The maximum absolute atomic E-state index is 12.7. The largest absolute Gasteiger partial charge is 0.366 e. The van der Waals surface area contributed by atoms with Crippen LogP contribution in [-0.4, -0.2) is 30.6 Å². The molecule has 0 aliphatic heterocycles. The maximum atomic E-state index is 12.7. The predicted octanol–water partition coefficient (Wildman–Crippen LogP) is 4.68. The molecule has 1 aliphatic rings. The summed E-state index contributed by atoms with van der Waals surface area (Å²) < 4.78 is 0. The first kappa shape index (κ1) is 16.7. The van der Waals surface area contributed by atoms with Gasteiger partial charge in [-0.15, -0.1) is 0 Å². The molecule has 0 amide bonds. The highest BCUT2D eigenvalue weighted by atomic mass is 16.1. The molecule has 3 heteroatoms. The number of Topliss-reactive ketones (excluding diaryl/α,β-unsaturated/α-hetero) is 1. The number of hydrogen-bond acceptors (Lipinski definition) is 2. The Balaban J connectivity index is 2.22. The Kier molecular flexibility index (Phi) is 5.76. The highest BCUT2D eigenvalue weighted by Crippen LogP contribution is 2.30. The summed E-state index contributed by atoms with van der Waals surface area (Å²) in [7, 11) is 2.01. The van der Waals surface area contributed by atoms with Crippen molar-refractivity contribution in [3.8, 4) is 0 Å². The molecule has 0 spiro atoms. The molecular formula is C19H28N2O. The lowest BCUT2D eigenvalue weighted by molar-refractivity contribution is 0.0889. The molecule has 0 saturated heterocycles. The number of benzene rings is 1. The van der Waals surface area contributed by atoms with Gasteiger partial charge in [0.15, 0.2) is 5.78 Å². The fourth-order valence-electron chi connectivity index (χ4n) is 3.03. The summed E-state index contributed by atoms with van der Waals surface area (Å²) in [5.74, 6) is 0.564. The van der Waals surface area contributed by atoms with Gasteiger partial charge in [0.25, 0.3) is 0 Å². The highest BCUT2D eigenvalue weighted by Gasteiger charge is 2.23. The van der Waals surface area contributed by atoms with Gasteiger partial charge in [-0.25, -0.2) is 4.99 Å². The molecule has 1 fully saturated rings. The van der Waals surface area contributed by atoms with Gasteiger partial charge in [0, 0.05) is 25.1 Å². The molecule has 0 radical (unpaired) electrons. The van der Waals surface area contributed by atoms with Gasteiger partial charge in [0.05, 0.1) is 12.0 Å². The van der Waals surface area contributed by atoms with E-state index in [9.17, 15) is 4.79 Å². The van der Waals surface area contributed by atoms with Crippen LogP contribution in [0.2, 0.25) is 0 Å². The molecule has 0 bridgehead atoms. The molecule has 120 valence electrons. The summed E-state index contributed by atoms with van der Waals surface area (Å²) >= 11 is 0. The number of nitrogens with zero attached hydrogens (tertiary/aromatic N) is 2. The van der Waals surface area contributed by atoms with Gasteiger partial charge in [0.2, 0.25) is 0 Å². The van der Waals surface area contributed by atoms with Crippen molar-refractivity contribution in [1.29, 1.82) is 0 Å². The lowest BCUT2D eigenvalue weighted by atomic mass is 9.82. The third-order valence-electron chi connectivity index (χ3n) is 4.68. The molecule has 1 aromatic carbocycles. The molecular weight excluding hydrogens is 272 g/mol. The Bertz CT molecular complexity index is 557. The number of hydrogen-bond donors (Lipinski definition) is 0. The first-order chi connectivity index (χ1) is 10.5. The van der Waals surface area contributed by atoms with Crippen LogP contribution in [0.1, 0.15) is 60.5 Å². The van der Waals surface area contributed by atoms with Crippen molar-refractivity contribution in [2.45, 2.75) is 52.9 Å². The van der Waals surface area contributed by atoms with Crippen molar-refractivity contribution >= 4 is 17.8 Å². The molecule has 1 aromatic rings. The van der Waals surface area contributed by atoms with Crippen molar-refractivity contribution in [3.05, 3.63) is 28.8 Å². The zero-order valence-corrected chi connectivity index (χ0v) is 14.4. The van der Waals surface area contributed by atoms with E-state index in [1.54, 1.807) is 0 Å². The molecule has 0 unspecified atom stereocenters. The Hall–Kier alpha value is -1.64. The fraction of sp³-hybridized carbons (Fsp3) is 0.579. The van der Waals surface area contributed by atoms with Crippen molar-refractivity contribution in [3.63, 3.8) is 0 Å². The van der Waals surface area contributed by atoms with Crippen molar-refractivity contribution in [1.82, 2.24) is 4.90 Å². The Labute approximate surface area is 134 Å². The number of aryl methyl sites for hydroxylation is 2. The van der Waals surface area contributed by atoms with Crippen LogP contribution >= 0.6 is 0 Å². The number of carbonyl (C=O) groups is 1. The number of ketones is 1. The topological polar surface area (TPSA) is 32.7 Å². The van der Waals surface area contributed by atoms with E-state index in [1.165, 1.54) is 19.3 Å². The minimum atomic E-state index is 0.229. The van der Waals surface area contributed by atoms with Crippen molar-refractivity contribution in [2.75, 3.05) is 13.6 Å². The lowest BCUT2D eigenvalue weighted by Crippen LogP contribution is -2.19. The molecule has 22 heavy (non-hydrogen) atoms.